The van der Waals surface area contributed by atoms with Gasteiger partial charge in [0.05, 0.1) is 0 Å². The molecule has 19 heavy (non-hydrogen) atoms. The average Bonchev–Trinajstić information content (AvgIpc) is 2.43. The van der Waals surface area contributed by atoms with E-state index < -0.39 is 0 Å². The van der Waals surface area contributed by atoms with Gasteiger partial charge >= 0.3 is 0 Å². The lowest BCUT2D eigenvalue weighted by Crippen LogP contribution is -2.40. The van der Waals surface area contributed by atoms with E-state index in [0.717, 1.165) is 78.2 Å². The minimum atomic E-state index is 0.705. The van der Waals surface area contributed by atoms with Gasteiger partial charge in [0, 0.05) is 26.2 Å². The van der Waals surface area contributed by atoms with Crippen LogP contribution >= 0.6 is 0 Å². The summed E-state index contributed by atoms with van der Waals surface area (Å²) in [5, 5.41) is 0. The zero-order chi connectivity index (χ0) is 14.3. The van der Waals surface area contributed by atoms with Crippen LogP contribution in [0.25, 0.3) is 0 Å². The van der Waals surface area contributed by atoms with E-state index in [0.29, 0.717) is 6.54 Å². The van der Waals surface area contributed by atoms with Gasteiger partial charge in [-0.25, -0.2) is 0 Å². The molecule has 0 aromatic rings. The SMILES string of the molecule is NCCCN(CCN)CCN(CCCN)CCCN. The molecule has 0 spiro atoms. The molecule has 0 aliphatic heterocycles. The normalized spacial score (nSPS) is 11.7. The molecular weight excluding hydrogens is 240 g/mol. The zero-order valence-corrected chi connectivity index (χ0v) is 12.4. The molecule has 8 N–H and O–H groups in total. The highest BCUT2D eigenvalue weighted by atomic mass is 15.2. The van der Waals surface area contributed by atoms with E-state index in [1.165, 1.54) is 0 Å². The number of nitrogens with two attached hydrogens (primary N) is 4. The van der Waals surface area contributed by atoms with E-state index >= 15 is 0 Å². The number of hydrogen-bond acceptors (Lipinski definition) is 6. The van der Waals surface area contributed by atoms with E-state index in [9.17, 15) is 0 Å². The second-order valence-corrected chi connectivity index (χ2v) is 4.90. The molecule has 0 saturated carbocycles. The van der Waals surface area contributed by atoms with Crippen molar-refractivity contribution in [2.75, 3.05) is 65.4 Å². The third kappa shape index (κ3) is 11.3. The molecule has 0 aliphatic carbocycles. The van der Waals surface area contributed by atoms with Crippen LogP contribution in [0.5, 0.6) is 0 Å². The van der Waals surface area contributed by atoms with Crippen molar-refractivity contribution in [3.63, 3.8) is 0 Å². The third-order valence-electron chi connectivity index (χ3n) is 3.21. The Hall–Kier alpha value is -0.240. The molecule has 6 heteroatoms. The van der Waals surface area contributed by atoms with Crippen LogP contribution in [0, 0.1) is 0 Å². The van der Waals surface area contributed by atoms with Crippen LogP contribution in [0.15, 0.2) is 0 Å². The molecule has 0 atom stereocenters. The first kappa shape index (κ1) is 18.8. The van der Waals surface area contributed by atoms with E-state index in [1.807, 2.05) is 0 Å². The summed E-state index contributed by atoms with van der Waals surface area (Å²) < 4.78 is 0. The molecule has 0 aromatic carbocycles. The lowest BCUT2D eigenvalue weighted by atomic mass is 10.3. The Balaban J connectivity index is 3.99. The molecule has 0 radical (unpaired) electrons. The van der Waals surface area contributed by atoms with Crippen LogP contribution in [-0.2, 0) is 0 Å². The second-order valence-electron chi connectivity index (χ2n) is 4.90. The minimum absolute atomic E-state index is 0.705. The molecular formula is C13H34N6. The van der Waals surface area contributed by atoms with Crippen LogP contribution < -0.4 is 22.9 Å². The van der Waals surface area contributed by atoms with Crippen molar-refractivity contribution in [1.29, 1.82) is 0 Å². The summed E-state index contributed by atoms with van der Waals surface area (Å²) >= 11 is 0. The molecule has 0 rings (SSSR count). The smallest absolute Gasteiger partial charge is 0.0110 e. The lowest BCUT2D eigenvalue weighted by Gasteiger charge is -2.27. The monoisotopic (exact) mass is 274 g/mol. The lowest BCUT2D eigenvalue weighted by molar-refractivity contribution is 0.203. The summed E-state index contributed by atoms with van der Waals surface area (Å²) in [6.45, 7) is 9.15. The Bertz CT molecular complexity index is 171. The van der Waals surface area contributed by atoms with Crippen molar-refractivity contribution in [3.05, 3.63) is 0 Å². The van der Waals surface area contributed by atoms with Crippen molar-refractivity contribution in [2.24, 2.45) is 22.9 Å². The van der Waals surface area contributed by atoms with Crippen LogP contribution in [0.3, 0.4) is 0 Å². The Morgan fingerprint density at radius 1 is 0.421 bits per heavy atom. The van der Waals surface area contributed by atoms with Gasteiger partial charge in [-0.05, 0) is 58.5 Å². The average molecular weight is 274 g/mol. The third-order valence-corrected chi connectivity index (χ3v) is 3.21. The molecule has 0 aromatic heterocycles. The highest BCUT2D eigenvalue weighted by Gasteiger charge is 2.08. The summed E-state index contributed by atoms with van der Waals surface area (Å²) in [7, 11) is 0. The fraction of sp³-hybridized carbons (Fsp3) is 1.00. The molecule has 0 unspecified atom stereocenters. The summed E-state index contributed by atoms with van der Waals surface area (Å²) in [6, 6.07) is 0. The predicted octanol–water partition coefficient (Wildman–Crippen LogP) is -1.40. The van der Waals surface area contributed by atoms with Gasteiger partial charge in [0.15, 0.2) is 0 Å². The maximum Gasteiger partial charge on any atom is 0.0110 e. The maximum absolute atomic E-state index is 5.65. The molecule has 0 aliphatic rings. The maximum atomic E-state index is 5.65. The molecule has 116 valence electrons. The van der Waals surface area contributed by atoms with Crippen molar-refractivity contribution in [1.82, 2.24) is 9.80 Å². The van der Waals surface area contributed by atoms with Gasteiger partial charge in [0.1, 0.15) is 0 Å². The molecule has 0 amide bonds. The van der Waals surface area contributed by atoms with Crippen LogP contribution in [0.1, 0.15) is 19.3 Å². The fourth-order valence-corrected chi connectivity index (χ4v) is 2.08. The van der Waals surface area contributed by atoms with Gasteiger partial charge in [-0.3, -0.25) is 0 Å². The Labute approximate surface area is 118 Å². The summed E-state index contributed by atoms with van der Waals surface area (Å²) in [5.41, 5.74) is 22.4. The van der Waals surface area contributed by atoms with E-state index in [-0.39, 0.29) is 0 Å². The molecule has 0 fully saturated rings. The first-order valence-corrected chi connectivity index (χ1v) is 7.53. The minimum Gasteiger partial charge on any atom is -0.330 e. The number of hydrogen-bond donors (Lipinski definition) is 4. The topological polar surface area (TPSA) is 111 Å². The van der Waals surface area contributed by atoms with Crippen molar-refractivity contribution in [3.8, 4) is 0 Å². The van der Waals surface area contributed by atoms with Gasteiger partial charge in [-0.1, -0.05) is 0 Å². The first-order chi connectivity index (χ1) is 9.28. The molecule has 0 bridgehead atoms. The summed E-state index contributed by atoms with van der Waals surface area (Å²) in [5.74, 6) is 0. The standard InChI is InChI=1S/C13H34N6/c14-4-1-8-18(9-2-5-15)12-13-19(11-7-17)10-3-6-16/h1-17H2. The Morgan fingerprint density at radius 2 is 0.789 bits per heavy atom. The van der Waals surface area contributed by atoms with Crippen molar-refractivity contribution >= 4 is 0 Å². The Kier molecular flexibility index (Phi) is 14.0. The summed E-state index contributed by atoms with van der Waals surface area (Å²) in [6.07, 6.45) is 3.13. The molecule has 0 saturated heterocycles. The molecule has 0 heterocycles. The highest BCUT2D eigenvalue weighted by molar-refractivity contribution is 4.65. The molecule has 6 nitrogen and oxygen atoms in total. The fourth-order valence-electron chi connectivity index (χ4n) is 2.08. The zero-order valence-electron chi connectivity index (χ0n) is 12.4. The quantitative estimate of drug-likeness (QED) is 0.310. The van der Waals surface area contributed by atoms with Gasteiger partial charge in [0.2, 0.25) is 0 Å². The number of rotatable bonds is 14. The van der Waals surface area contributed by atoms with Crippen LogP contribution in [0.4, 0.5) is 0 Å². The highest BCUT2D eigenvalue weighted by Crippen LogP contribution is 1.97. The number of nitrogens with zero attached hydrogens (tertiary/aromatic N) is 2. The second kappa shape index (κ2) is 14.2. The van der Waals surface area contributed by atoms with E-state index in [4.69, 9.17) is 22.9 Å². The predicted molar refractivity (Wildman–Crippen MR) is 82.9 cm³/mol. The van der Waals surface area contributed by atoms with Crippen molar-refractivity contribution in [2.45, 2.75) is 19.3 Å². The van der Waals surface area contributed by atoms with Gasteiger partial charge in [-0.15, -0.1) is 0 Å². The summed E-state index contributed by atoms with van der Waals surface area (Å²) in [4.78, 5) is 4.84. The van der Waals surface area contributed by atoms with Crippen molar-refractivity contribution < 1.29 is 0 Å². The van der Waals surface area contributed by atoms with Crippen LogP contribution in [-0.4, -0.2) is 75.2 Å². The first-order valence-electron chi connectivity index (χ1n) is 7.53. The van der Waals surface area contributed by atoms with Crippen LogP contribution in [0.2, 0.25) is 0 Å². The van der Waals surface area contributed by atoms with E-state index in [2.05, 4.69) is 9.80 Å². The Morgan fingerprint density at radius 3 is 1.11 bits per heavy atom. The van der Waals surface area contributed by atoms with E-state index in [1.54, 1.807) is 0 Å². The van der Waals surface area contributed by atoms with Gasteiger partial charge < -0.3 is 32.7 Å². The van der Waals surface area contributed by atoms with Gasteiger partial charge in [-0.2, -0.15) is 0 Å². The van der Waals surface area contributed by atoms with Gasteiger partial charge in [0.25, 0.3) is 0 Å². The largest absolute Gasteiger partial charge is 0.330 e.